The molecule has 0 unspecified atom stereocenters. The van der Waals surface area contributed by atoms with Gasteiger partial charge in [-0.05, 0) is 50.1 Å². The van der Waals surface area contributed by atoms with Gasteiger partial charge < -0.3 is 15.0 Å². The molecule has 1 saturated heterocycles. The number of pyridine rings is 1. The number of hydrogen-bond acceptors (Lipinski definition) is 5. The average molecular weight is 435 g/mol. The molecular formula is C24H23ClN4O2. The van der Waals surface area contributed by atoms with Crippen LogP contribution in [-0.4, -0.2) is 30.6 Å². The SMILES string of the molecule is CCOc1ccccc1NC(=O)C1CCN(c2c(C#N)cnc3ccc(Cl)cc23)CC1. The molecule has 3 aromatic rings. The van der Waals surface area contributed by atoms with Crippen molar-refractivity contribution in [1.29, 1.82) is 5.26 Å². The summed E-state index contributed by atoms with van der Waals surface area (Å²) in [7, 11) is 0. The molecule has 0 radical (unpaired) electrons. The first kappa shape index (κ1) is 21.0. The van der Waals surface area contributed by atoms with Gasteiger partial charge in [0.15, 0.2) is 0 Å². The van der Waals surface area contributed by atoms with E-state index in [2.05, 4.69) is 21.3 Å². The second-order valence-corrected chi connectivity index (χ2v) is 7.91. The summed E-state index contributed by atoms with van der Waals surface area (Å²) in [5.41, 5.74) is 2.85. The lowest BCUT2D eigenvalue weighted by molar-refractivity contribution is -0.120. The van der Waals surface area contributed by atoms with E-state index in [1.807, 2.05) is 43.3 Å². The van der Waals surface area contributed by atoms with E-state index in [0.717, 1.165) is 16.6 Å². The van der Waals surface area contributed by atoms with Crippen molar-refractivity contribution in [2.45, 2.75) is 19.8 Å². The molecule has 1 fully saturated rings. The molecule has 2 heterocycles. The van der Waals surface area contributed by atoms with Crippen molar-refractivity contribution in [1.82, 2.24) is 4.98 Å². The van der Waals surface area contributed by atoms with E-state index in [-0.39, 0.29) is 11.8 Å². The van der Waals surface area contributed by atoms with Crippen molar-refractivity contribution >= 4 is 39.8 Å². The number of hydrogen-bond donors (Lipinski definition) is 1. The van der Waals surface area contributed by atoms with Gasteiger partial charge in [0.1, 0.15) is 11.8 Å². The number of ether oxygens (including phenoxy) is 1. The molecule has 0 aliphatic carbocycles. The van der Waals surface area contributed by atoms with Crippen LogP contribution in [0.2, 0.25) is 5.02 Å². The third-order valence-corrected chi connectivity index (χ3v) is 5.78. The van der Waals surface area contributed by atoms with Crippen molar-refractivity contribution in [3.05, 3.63) is 59.2 Å². The van der Waals surface area contributed by atoms with Crippen LogP contribution in [0.5, 0.6) is 5.75 Å². The van der Waals surface area contributed by atoms with Crippen LogP contribution in [0.3, 0.4) is 0 Å². The Balaban J connectivity index is 1.50. The van der Waals surface area contributed by atoms with Gasteiger partial charge in [0, 0.05) is 35.6 Å². The van der Waals surface area contributed by atoms with Gasteiger partial charge in [-0.2, -0.15) is 5.26 Å². The summed E-state index contributed by atoms with van der Waals surface area (Å²) in [5.74, 6) is 0.567. The zero-order valence-electron chi connectivity index (χ0n) is 17.3. The van der Waals surface area contributed by atoms with Gasteiger partial charge in [-0.3, -0.25) is 9.78 Å². The van der Waals surface area contributed by atoms with E-state index < -0.39 is 0 Å². The Morgan fingerprint density at radius 2 is 2.06 bits per heavy atom. The highest BCUT2D eigenvalue weighted by Gasteiger charge is 2.28. The van der Waals surface area contributed by atoms with E-state index in [4.69, 9.17) is 16.3 Å². The Bertz CT molecular complexity index is 1150. The van der Waals surface area contributed by atoms with Gasteiger partial charge in [-0.25, -0.2) is 0 Å². The fourth-order valence-corrected chi connectivity index (χ4v) is 4.20. The third-order valence-electron chi connectivity index (χ3n) is 5.55. The number of halogens is 1. The molecule has 6 nitrogen and oxygen atoms in total. The smallest absolute Gasteiger partial charge is 0.227 e. The number of nitrogens with one attached hydrogen (secondary N) is 1. The number of nitriles is 1. The van der Waals surface area contributed by atoms with Crippen molar-refractivity contribution in [2.75, 3.05) is 29.9 Å². The van der Waals surface area contributed by atoms with Gasteiger partial charge in [0.05, 0.1) is 29.1 Å². The highest BCUT2D eigenvalue weighted by atomic mass is 35.5. The number of benzene rings is 2. The Morgan fingerprint density at radius 3 is 2.81 bits per heavy atom. The largest absolute Gasteiger partial charge is 0.492 e. The lowest BCUT2D eigenvalue weighted by atomic mass is 9.94. The maximum atomic E-state index is 12.9. The van der Waals surface area contributed by atoms with E-state index in [1.165, 1.54) is 0 Å². The number of carbonyl (C=O) groups is 1. The van der Waals surface area contributed by atoms with E-state index >= 15 is 0 Å². The Kier molecular flexibility index (Phi) is 6.24. The molecule has 1 aromatic heterocycles. The summed E-state index contributed by atoms with van der Waals surface area (Å²) in [6.45, 7) is 3.80. The second kappa shape index (κ2) is 9.23. The summed E-state index contributed by atoms with van der Waals surface area (Å²) in [6, 6.07) is 15.2. The fourth-order valence-electron chi connectivity index (χ4n) is 4.02. The number of nitrogens with zero attached hydrogens (tertiary/aromatic N) is 3. The number of piperidine rings is 1. The Morgan fingerprint density at radius 1 is 1.29 bits per heavy atom. The van der Waals surface area contributed by atoms with Crippen molar-refractivity contribution in [3.63, 3.8) is 0 Å². The highest BCUT2D eigenvalue weighted by Crippen LogP contribution is 2.34. The maximum absolute atomic E-state index is 12.9. The molecule has 0 bridgehead atoms. The predicted molar refractivity (Wildman–Crippen MR) is 123 cm³/mol. The molecule has 1 N–H and O–H groups in total. The van der Waals surface area contributed by atoms with E-state index in [0.29, 0.717) is 54.6 Å². The number of carbonyl (C=O) groups excluding carboxylic acids is 1. The molecule has 31 heavy (non-hydrogen) atoms. The first-order valence-corrected chi connectivity index (χ1v) is 10.7. The van der Waals surface area contributed by atoms with Gasteiger partial charge in [0.25, 0.3) is 0 Å². The van der Waals surface area contributed by atoms with Crippen LogP contribution in [0.1, 0.15) is 25.3 Å². The molecule has 2 aromatic carbocycles. The Labute approximate surface area is 186 Å². The Hall–Kier alpha value is -3.30. The third kappa shape index (κ3) is 4.42. The van der Waals surface area contributed by atoms with Crippen molar-refractivity contribution < 1.29 is 9.53 Å². The van der Waals surface area contributed by atoms with Crippen LogP contribution < -0.4 is 15.0 Å². The predicted octanol–water partition coefficient (Wildman–Crippen LogP) is 5.01. The first-order chi connectivity index (χ1) is 15.1. The van der Waals surface area contributed by atoms with Crippen LogP contribution in [-0.2, 0) is 4.79 Å². The monoisotopic (exact) mass is 434 g/mol. The minimum Gasteiger partial charge on any atom is -0.492 e. The van der Waals surface area contributed by atoms with Crippen LogP contribution in [0.4, 0.5) is 11.4 Å². The van der Waals surface area contributed by atoms with Crippen molar-refractivity contribution in [3.8, 4) is 11.8 Å². The molecule has 0 atom stereocenters. The van der Waals surface area contributed by atoms with Gasteiger partial charge >= 0.3 is 0 Å². The fraction of sp³-hybridized carbons (Fsp3) is 0.292. The molecule has 1 aliphatic heterocycles. The average Bonchev–Trinajstić information content (AvgIpc) is 2.79. The molecule has 0 saturated carbocycles. The molecule has 4 rings (SSSR count). The second-order valence-electron chi connectivity index (χ2n) is 7.47. The topological polar surface area (TPSA) is 78.2 Å². The number of amides is 1. The summed E-state index contributed by atoms with van der Waals surface area (Å²) in [4.78, 5) is 19.4. The molecular weight excluding hydrogens is 412 g/mol. The number of aromatic nitrogens is 1. The number of fused-ring (bicyclic) bond motifs is 1. The van der Waals surface area contributed by atoms with E-state index in [9.17, 15) is 10.1 Å². The summed E-state index contributed by atoms with van der Waals surface area (Å²) < 4.78 is 5.61. The van der Waals surface area contributed by atoms with Gasteiger partial charge in [0.2, 0.25) is 5.91 Å². The minimum absolute atomic E-state index is 0.00468. The van der Waals surface area contributed by atoms with E-state index in [1.54, 1.807) is 12.3 Å². The van der Waals surface area contributed by atoms with Crippen molar-refractivity contribution in [2.24, 2.45) is 5.92 Å². The maximum Gasteiger partial charge on any atom is 0.227 e. The lowest BCUT2D eigenvalue weighted by Crippen LogP contribution is -2.38. The van der Waals surface area contributed by atoms with Crippen LogP contribution >= 0.6 is 11.6 Å². The normalized spacial score (nSPS) is 14.3. The summed E-state index contributed by atoms with van der Waals surface area (Å²) in [6.07, 6.45) is 2.99. The zero-order valence-corrected chi connectivity index (χ0v) is 18.0. The van der Waals surface area contributed by atoms with Crippen LogP contribution in [0, 0.1) is 17.2 Å². The summed E-state index contributed by atoms with van der Waals surface area (Å²) in [5, 5.41) is 14.1. The van der Waals surface area contributed by atoms with Gasteiger partial charge in [-0.1, -0.05) is 23.7 Å². The highest BCUT2D eigenvalue weighted by molar-refractivity contribution is 6.31. The molecule has 1 amide bonds. The molecule has 7 heteroatoms. The quantitative estimate of drug-likeness (QED) is 0.610. The molecule has 1 aliphatic rings. The van der Waals surface area contributed by atoms with Crippen LogP contribution in [0.15, 0.2) is 48.7 Å². The number of para-hydroxylation sites is 2. The standard InChI is InChI=1S/C24H23ClN4O2/c1-2-31-22-6-4-3-5-21(22)28-24(30)16-9-11-29(12-10-16)23-17(14-26)15-27-20-8-7-18(25)13-19(20)23/h3-8,13,15-16H,2,9-12H2,1H3,(H,28,30). The zero-order chi connectivity index (χ0) is 21.8. The number of rotatable bonds is 5. The lowest BCUT2D eigenvalue weighted by Gasteiger charge is -2.34. The number of anilines is 2. The molecule has 0 spiro atoms. The van der Waals surface area contributed by atoms with Gasteiger partial charge in [-0.15, -0.1) is 0 Å². The molecule has 158 valence electrons. The minimum atomic E-state index is -0.104. The van der Waals surface area contributed by atoms with Crippen LogP contribution in [0.25, 0.3) is 10.9 Å². The summed E-state index contributed by atoms with van der Waals surface area (Å²) >= 11 is 6.21. The first-order valence-electron chi connectivity index (χ1n) is 10.4.